The minimum Gasteiger partial charge on any atom is -0.497 e. The molecule has 120 valence electrons. The molecule has 2 heterocycles. The molecular weight excluding hydrogens is 288 g/mol. The molecule has 0 N–H and O–H groups in total. The molecule has 1 aliphatic heterocycles. The maximum Gasteiger partial charge on any atom is 0.254 e. The summed E-state index contributed by atoms with van der Waals surface area (Å²) >= 11 is 0. The largest absolute Gasteiger partial charge is 0.497 e. The molecule has 23 heavy (non-hydrogen) atoms. The number of benzene rings is 1. The molecule has 4 heteroatoms. The summed E-state index contributed by atoms with van der Waals surface area (Å²) in [4.78, 5) is 18.9. The van der Waals surface area contributed by atoms with Crippen LogP contribution in [-0.2, 0) is 6.42 Å². The Morgan fingerprint density at radius 1 is 1.30 bits per heavy atom. The van der Waals surface area contributed by atoms with E-state index in [2.05, 4.69) is 4.98 Å². The summed E-state index contributed by atoms with van der Waals surface area (Å²) in [7, 11) is 1.62. The molecule has 1 fully saturated rings. The maximum atomic E-state index is 12.8. The number of rotatable bonds is 5. The zero-order valence-electron chi connectivity index (χ0n) is 13.4. The molecule has 0 aliphatic carbocycles. The second-order valence-corrected chi connectivity index (χ2v) is 5.92. The number of aromatic nitrogens is 1. The number of carbonyl (C=O) groups excluding carboxylic acids is 1. The first kappa shape index (κ1) is 15.5. The van der Waals surface area contributed by atoms with Crippen molar-refractivity contribution in [3.8, 4) is 5.75 Å². The highest BCUT2D eigenvalue weighted by Gasteiger charge is 2.29. The smallest absolute Gasteiger partial charge is 0.254 e. The average Bonchev–Trinajstić information content (AvgIpc) is 3.09. The molecule has 3 rings (SSSR count). The Morgan fingerprint density at radius 3 is 2.91 bits per heavy atom. The van der Waals surface area contributed by atoms with Crippen molar-refractivity contribution in [1.82, 2.24) is 9.88 Å². The second-order valence-electron chi connectivity index (χ2n) is 5.92. The summed E-state index contributed by atoms with van der Waals surface area (Å²) in [6, 6.07) is 11.8. The van der Waals surface area contributed by atoms with E-state index in [0.717, 1.165) is 38.0 Å². The Hall–Kier alpha value is -2.36. The number of hydrogen-bond donors (Lipinski definition) is 0. The van der Waals surface area contributed by atoms with Gasteiger partial charge in [-0.3, -0.25) is 9.78 Å². The molecule has 1 aromatic carbocycles. The Balaban J connectivity index is 1.67. The van der Waals surface area contributed by atoms with Crippen LogP contribution >= 0.6 is 0 Å². The molecule has 0 saturated carbocycles. The zero-order valence-corrected chi connectivity index (χ0v) is 13.4. The number of hydrogen-bond acceptors (Lipinski definition) is 3. The number of aryl methyl sites for hydroxylation is 1. The second kappa shape index (κ2) is 7.27. The lowest BCUT2D eigenvalue weighted by Crippen LogP contribution is -2.35. The highest BCUT2D eigenvalue weighted by molar-refractivity contribution is 5.95. The van der Waals surface area contributed by atoms with E-state index in [1.165, 1.54) is 5.56 Å². The van der Waals surface area contributed by atoms with Crippen LogP contribution in [0.3, 0.4) is 0 Å². The van der Waals surface area contributed by atoms with Crippen LogP contribution in [-0.4, -0.2) is 35.5 Å². The third kappa shape index (κ3) is 3.70. The van der Waals surface area contributed by atoms with Crippen LogP contribution in [0.4, 0.5) is 0 Å². The molecular formula is C19H22N2O2. The highest BCUT2D eigenvalue weighted by Crippen LogP contribution is 2.25. The van der Waals surface area contributed by atoms with Crippen molar-refractivity contribution in [2.24, 2.45) is 0 Å². The van der Waals surface area contributed by atoms with E-state index in [1.54, 1.807) is 7.11 Å². The maximum absolute atomic E-state index is 12.8. The third-order valence-corrected chi connectivity index (χ3v) is 4.47. The van der Waals surface area contributed by atoms with Gasteiger partial charge in [-0.05, 0) is 61.6 Å². The van der Waals surface area contributed by atoms with E-state index in [4.69, 9.17) is 4.74 Å². The van der Waals surface area contributed by atoms with Crippen molar-refractivity contribution >= 4 is 5.91 Å². The summed E-state index contributed by atoms with van der Waals surface area (Å²) in [6.07, 6.45) is 7.79. The molecule has 1 amide bonds. The topological polar surface area (TPSA) is 42.4 Å². The van der Waals surface area contributed by atoms with E-state index >= 15 is 0 Å². The van der Waals surface area contributed by atoms with Crippen LogP contribution in [0.1, 0.15) is 35.2 Å². The first-order valence-corrected chi connectivity index (χ1v) is 8.12. The molecule has 0 radical (unpaired) electrons. The van der Waals surface area contributed by atoms with E-state index in [9.17, 15) is 4.79 Å². The van der Waals surface area contributed by atoms with E-state index in [-0.39, 0.29) is 5.91 Å². The number of methoxy groups -OCH3 is 1. The Morgan fingerprint density at radius 2 is 2.13 bits per heavy atom. The van der Waals surface area contributed by atoms with Crippen LogP contribution in [0.5, 0.6) is 5.75 Å². The monoisotopic (exact) mass is 310 g/mol. The van der Waals surface area contributed by atoms with Gasteiger partial charge in [-0.2, -0.15) is 0 Å². The number of carbonyl (C=O) groups is 1. The van der Waals surface area contributed by atoms with Gasteiger partial charge in [0, 0.05) is 30.5 Å². The first-order valence-electron chi connectivity index (χ1n) is 8.12. The number of amides is 1. The van der Waals surface area contributed by atoms with Crippen LogP contribution < -0.4 is 4.74 Å². The predicted molar refractivity (Wildman–Crippen MR) is 89.6 cm³/mol. The molecule has 1 aliphatic rings. The first-order chi connectivity index (χ1) is 11.3. The van der Waals surface area contributed by atoms with Crippen LogP contribution in [0.25, 0.3) is 0 Å². The average molecular weight is 310 g/mol. The fourth-order valence-corrected chi connectivity index (χ4v) is 3.21. The third-order valence-electron chi connectivity index (χ3n) is 4.47. The fourth-order valence-electron chi connectivity index (χ4n) is 3.21. The summed E-state index contributed by atoms with van der Waals surface area (Å²) in [5, 5.41) is 0. The standard InChI is InChI=1S/C19H22N2O2/c1-23-18-6-2-4-16(14-18)19(22)21-13-3-5-17(21)8-7-15-9-11-20-12-10-15/h2,4,6,9-12,14,17H,3,5,7-8,13H2,1H3/t17-/m0/s1. The Kier molecular flexibility index (Phi) is 4.91. The van der Waals surface area contributed by atoms with E-state index in [1.807, 2.05) is 53.7 Å². The van der Waals surface area contributed by atoms with Crippen LogP contribution in [0.15, 0.2) is 48.8 Å². The summed E-state index contributed by atoms with van der Waals surface area (Å²) < 4.78 is 5.22. The Bertz CT molecular complexity index is 657. The molecule has 4 nitrogen and oxygen atoms in total. The zero-order chi connectivity index (χ0) is 16.1. The SMILES string of the molecule is COc1cccc(C(=O)N2CCC[C@H]2CCc2ccncc2)c1. The fraction of sp³-hybridized carbons (Fsp3) is 0.368. The van der Waals surface area contributed by atoms with Gasteiger partial charge in [0.2, 0.25) is 0 Å². The number of pyridine rings is 1. The van der Waals surface area contributed by atoms with Gasteiger partial charge < -0.3 is 9.64 Å². The molecule has 0 spiro atoms. The summed E-state index contributed by atoms with van der Waals surface area (Å²) in [5.74, 6) is 0.838. The predicted octanol–water partition coefficient (Wildman–Crippen LogP) is 3.33. The molecule has 1 saturated heterocycles. The number of likely N-dealkylation sites (tertiary alicyclic amines) is 1. The van der Waals surface area contributed by atoms with Gasteiger partial charge in [0.15, 0.2) is 0 Å². The minimum absolute atomic E-state index is 0.112. The number of ether oxygens (including phenoxy) is 1. The molecule has 0 unspecified atom stereocenters. The van der Waals surface area contributed by atoms with Gasteiger partial charge >= 0.3 is 0 Å². The molecule has 1 atom stereocenters. The van der Waals surface area contributed by atoms with Crippen molar-refractivity contribution in [2.45, 2.75) is 31.7 Å². The lowest BCUT2D eigenvalue weighted by Gasteiger charge is -2.25. The minimum atomic E-state index is 0.112. The molecule has 2 aromatic rings. The molecule has 1 aromatic heterocycles. The van der Waals surface area contributed by atoms with Gasteiger partial charge in [-0.15, -0.1) is 0 Å². The van der Waals surface area contributed by atoms with Crippen molar-refractivity contribution in [2.75, 3.05) is 13.7 Å². The van der Waals surface area contributed by atoms with Gasteiger partial charge in [-0.1, -0.05) is 6.07 Å². The normalized spacial score (nSPS) is 17.3. The number of nitrogens with zero attached hydrogens (tertiary/aromatic N) is 2. The van der Waals surface area contributed by atoms with E-state index < -0.39 is 0 Å². The van der Waals surface area contributed by atoms with Gasteiger partial charge in [0.05, 0.1) is 7.11 Å². The lowest BCUT2D eigenvalue weighted by molar-refractivity contribution is 0.0730. The van der Waals surface area contributed by atoms with Gasteiger partial charge in [-0.25, -0.2) is 0 Å². The summed E-state index contributed by atoms with van der Waals surface area (Å²) in [5.41, 5.74) is 1.99. The quantitative estimate of drug-likeness (QED) is 0.851. The van der Waals surface area contributed by atoms with Gasteiger partial charge in [0.25, 0.3) is 5.91 Å². The van der Waals surface area contributed by atoms with Crippen molar-refractivity contribution in [3.63, 3.8) is 0 Å². The van der Waals surface area contributed by atoms with Crippen molar-refractivity contribution in [3.05, 3.63) is 59.9 Å². The highest BCUT2D eigenvalue weighted by atomic mass is 16.5. The molecule has 0 bridgehead atoms. The van der Waals surface area contributed by atoms with Crippen LogP contribution in [0, 0.1) is 0 Å². The van der Waals surface area contributed by atoms with E-state index in [0.29, 0.717) is 11.6 Å². The Labute approximate surface area is 137 Å². The van der Waals surface area contributed by atoms with Crippen molar-refractivity contribution < 1.29 is 9.53 Å². The van der Waals surface area contributed by atoms with Gasteiger partial charge in [0.1, 0.15) is 5.75 Å². The van der Waals surface area contributed by atoms with Crippen LogP contribution in [0.2, 0.25) is 0 Å². The van der Waals surface area contributed by atoms with Crippen molar-refractivity contribution in [1.29, 1.82) is 0 Å². The lowest BCUT2D eigenvalue weighted by atomic mass is 10.0. The summed E-state index contributed by atoms with van der Waals surface area (Å²) in [6.45, 7) is 0.844.